The van der Waals surface area contributed by atoms with Crippen molar-refractivity contribution in [1.29, 1.82) is 0 Å². The Morgan fingerprint density at radius 2 is 1.47 bits per heavy atom. The number of carbonyl (C=O) groups excluding carboxylic acids is 2. The largest absolute Gasteiger partial charge is 0.486 e. The number of fused-ring (bicyclic) bond motifs is 1. The fourth-order valence-electron chi connectivity index (χ4n) is 3.69. The van der Waals surface area contributed by atoms with Gasteiger partial charge in [0, 0.05) is 21.8 Å². The third-order valence-corrected chi connectivity index (χ3v) is 5.50. The van der Waals surface area contributed by atoms with Crippen molar-refractivity contribution in [2.75, 3.05) is 23.4 Å². The van der Waals surface area contributed by atoms with Gasteiger partial charge >= 0.3 is 0 Å². The number of carbonyl (C=O) groups is 2. The summed E-state index contributed by atoms with van der Waals surface area (Å²) in [6, 6.07) is 18.9. The maximum Gasteiger partial charge on any atom is 0.282 e. The lowest BCUT2D eigenvalue weighted by Crippen LogP contribution is -2.32. The van der Waals surface area contributed by atoms with E-state index in [1.807, 2.05) is 6.07 Å². The van der Waals surface area contributed by atoms with Gasteiger partial charge in [0.15, 0.2) is 11.5 Å². The van der Waals surface area contributed by atoms with Crippen LogP contribution in [0.2, 0.25) is 10.0 Å². The Balaban J connectivity index is 1.59. The van der Waals surface area contributed by atoms with Crippen molar-refractivity contribution in [2.24, 2.45) is 0 Å². The molecule has 0 saturated carbocycles. The molecule has 5 rings (SSSR count). The first-order valence-corrected chi connectivity index (χ1v) is 10.6. The number of halogens is 2. The van der Waals surface area contributed by atoms with E-state index in [0.717, 1.165) is 4.90 Å². The Labute approximate surface area is 194 Å². The summed E-state index contributed by atoms with van der Waals surface area (Å²) in [5.74, 6) is 0.211. The highest BCUT2D eigenvalue weighted by atomic mass is 35.5. The summed E-state index contributed by atoms with van der Waals surface area (Å²) in [6.07, 6.45) is 0. The minimum atomic E-state index is -0.512. The van der Waals surface area contributed by atoms with E-state index in [2.05, 4.69) is 5.32 Å². The highest BCUT2D eigenvalue weighted by Gasteiger charge is 2.40. The van der Waals surface area contributed by atoms with E-state index in [-0.39, 0.29) is 11.3 Å². The second-order valence-electron chi connectivity index (χ2n) is 7.17. The van der Waals surface area contributed by atoms with Gasteiger partial charge in [-0.1, -0.05) is 53.5 Å². The average Bonchev–Trinajstić information content (AvgIpc) is 3.03. The average molecular weight is 467 g/mol. The molecule has 6 nitrogen and oxygen atoms in total. The highest BCUT2D eigenvalue weighted by molar-refractivity contribution is 6.46. The molecule has 160 valence electrons. The van der Waals surface area contributed by atoms with Crippen LogP contribution >= 0.6 is 23.2 Å². The molecule has 0 atom stereocenters. The zero-order chi connectivity index (χ0) is 22.2. The summed E-state index contributed by atoms with van der Waals surface area (Å²) >= 11 is 12.2. The van der Waals surface area contributed by atoms with Gasteiger partial charge < -0.3 is 14.8 Å². The molecule has 0 aliphatic carbocycles. The smallest absolute Gasteiger partial charge is 0.282 e. The number of hydrogen-bond acceptors (Lipinski definition) is 5. The molecule has 0 bridgehead atoms. The van der Waals surface area contributed by atoms with Crippen LogP contribution in [-0.2, 0) is 9.59 Å². The number of rotatable bonds is 4. The summed E-state index contributed by atoms with van der Waals surface area (Å²) in [7, 11) is 0. The summed E-state index contributed by atoms with van der Waals surface area (Å²) in [5.41, 5.74) is 1.90. The monoisotopic (exact) mass is 466 g/mol. The van der Waals surface area contributed by atoms with E-state index in [9.17, 15) is 9.59 Å². The van der Waals surface area contributed by atoms with Gasteiger partial charge in [-0.2, -0.15) is 0 Å². The van der Waals surface area contributed by atoms with Crippen LogP contribution in [0.4, 0.5) is 11.4 Å². The highest BCUT2D eigenvalue weighted by Crippen LogP contribution is 2.38. The zero-order valence-electron chi connectivity index (χ0n) is 16.6. The van der Waals surface area contributed by atoms with Gasteiger partial charge in [-0.05, 0) is 35.9 Å². The lowest BCUT2D eigenvalue weighted by Gasteiger charge is -2.19. The van der Waals surface area contributed by atoms with Gasteiger partial charge in [-0.3, -0.25) is 9.59 Å². The second-order valence-corrected chi connectivity index (χ2v) is 8.05. The van der Waals surface area contributed by atoms with Gasteiger partial charge in [0.25, 0.3) is 11.8 Å². The number of anilines is 2. The van der Waals surface area contributed by atoms with E-state index in [4.69, 9.17) is 32.7 Å². The minimum absolute atomic E-state index is 0.147. The fraction of sp³-hybridized carbons (Fsp3) is 0.0833. The molecule has 2 heterocycles. The summed E-state index contributed by atoms with van der Waals surface area (Å²) in [5, 5.41) is 3.76. The third kappa shape index (κ3) is 3.68. The number of benzene rings is 3. The lowest BCUT2D eigenvalue weighted by molar-refractivity contribution is -0.120. The van der Waals surface area contributed by atoms with Crippen LogP contribution in [-0.4, -0.2) is 25.0 Å². The number of hydrogen-bond donors (Lipinski definition) is 1. The van der Waals surface area contributed by atoms with Crippen LogP contribution in [0.25, 0.3) is 5.57 Å². The molecule has 3 aromatic carbocycles. The molecule has 0 unspecified atom stereocenters. The number of amides is 2. The Hall–Kier alpha value is -3.48. The molecular weight excluding hydrogens is 451 g/mol. The van der Waals surface area contributed by atoms with Gasteiger partial charge in [0.2, 0.25) is 0 Å². The molecule has 3 aromatic rings. The summed E-state index contributed by atoms with van der Waals surface area (Å²) in [4.78, 5) is 28.0. The van der Waals surface area contributed by atoms with Gasteiger partial charge in [0.05, 0.1) is 11.3 Å². The van der Waals surface area contributed by atoms with Crippen LogP contribution in [0, 0.1) is 0 Å². The van der Waals surface area contributed by atoms with Crippen molar-refractivity contribution in [3.8, 4) is 11.5 Å². The van der Waals surface area contributed by atoms with Gasteiger partial charge in [-0.15, -0.1) is 0 Å². The molecule has 2 amide bonds. The van der Waals surface area contributed by atoms with Crippen molar-refractivity contribution in [2.45, 2.75) is 0 Å². The maximum absolute atomic E-state index is 13.5. The molecule has 0 saturated heterocycles. The molecule has 2 aliphatic heterocycles. The van der Waals surface area contributed by atoms with Crippen LogP contribution in [0.3, 0.4) is 0 Å². The Kier molecular flexibility index (Phi) is 5.25. The fourth-order valence-corrected chi connectivity index (χ4v) is 4.20. The molecule has 2 aliphatic rings. The van der Waals surface area contributed by atoms with Crippen molar-refractivity contribution in [3.63, 3.8) is 0 Å². The quantitative estimate of drug-likeness (QED) is 0.537. The Morgan fingerprint density at radius 1 is 0.781 bits per heavy atom. The summed E-state index contributed by atoms with van der Waals surface area (Å²) < 4.78 is 11.2. The van der Waals surface area contributed by atoms with Crippen molar-refractivity contribution < 1.29 is 19.1 Å². The number of nitrogens with zero attached hydrogens (tertiary/aromatic N) is 1. The van der Waals surface area contributed by atoms with Gasteiger partial charge in [0.1, 0.15) is 18.9 Å². The van der Waals surface area contributed by atoms with E-state index >= 15 is 0 Å². The standard InChI is InChI=1S/C24H16Cl2N2O4/c25-15-10-16(26)12-18(11-15)28-23(29)21(14-4-2-1-3-5-14)22(24(28)30)27-17-6-7-19-20(13-17)32-9-8-31-19/h1-7,10-13,27H,8-9H2. The van der Waals surface area contributed by atoms with Crippen LogP contribution in [0.5, 0.6) is 11.5 Å². The van der Waals surface area contributed by atoms with E-state index in [0.29, 0.717) is 51.7 Å². The number of ether oxygens (including phenoxy) is 2. The molecule has 0 fully saturated rings. The molecule has 0 aromatic heterocycles. The SMILES string of the molecule is O=C1C(Nc2ccc3c(c2)OCCO3)=C(c2ccccc2)C(=O)N1c1cc(Cl)cc(Cl)c1. The molecule has 8 heteroatoms. The Morgan fingerprint density at radius 3 is 2.19 bits per heavy atom. The maximum atomic E-state index is 13.5. The predicted molar refractivity (Wildman–Crippen MR) is 123 cm³/mol. The normalized spacial score (nSPS) is 15.4. The molecule has 32 heavy (non-hydrogen) atoms. The van der Waals surface area contributed by atoms with E-state index < -0.39 is 11.8 Å². The molecule has 1 N–H and O–H groups in total. The van der Waals surface area contributed by atoms with Crippen LogP contribution in [0.1, 0.15) is 5.56 Å². The van der Waals surface area contributed by atoms with Crippen molar-refractivity contribution in [1.82, 2.24) is 0 Å². The zero-order valence-corrected chi connectivity index (χ0v) is 18.1. The van der Waals surface area contributed by atoms with Crippen LogP contribution in [0.15, 0.2) is 72.4 Å². The first-order valence-electron chi connectivity index (χ1n) is 9.82. The topological polar surface area (TPSA) is 67.9 Å². The molecule has 0 radical (unpaired) electrons. The van der Waals surface area contributed by atoms with Crippen LogP contribution < -0.4 is 19.7 Å². The summed E-state index contributed by atoms with van der Waals surface area (Å²) in [6.45, 7) is 0.919. The third-order valence-electron chi connectivity index (χ3n) is 5.06. The molecular formula is C24H16Cl2N2O4. The molecule has 0 spiro atoms. The second kappa shape index (κ2) is 8.22. The van der Waals surface area contributed by atoms with Crippen molar-refractivity contribution >= 4 is 52.0 Å². The first kappa shape index (κ1) is 20.4. The Bertz CT molecular complexity index is 1250. The predicted octanol–water partition coefficient (Wildman–Crippen LogP) is 5.16. The lowest BCUT2D eigenvalue weighted by atomic mass is 10.0. The van der Waals surface area contributed by atoms with E-state index in [1.54, 1.807) is 42.5 Å². The first-order chi connectivity index (χ1) is 15.5. The van der Waals surface area contributed by atoms with Gasteiger partial charge in [-0.25, -0.2) is 4.90 Å². The number of nitrogens with one attached hydrogen (secondary N) is 1. The minimum Gasteiger partial charge on any atom is -0.486 e. The van der Waals surface area contributed by atoms with E-state index in [1.165, 1.54) is 18.2 Å². The van der Waals surface area contributed by atoms with Crippen molar-refractivity contribution in [3.05, 3.63) is 88.0 Å². The number of imide groups is 1.